The van der Waals surface area contributed by atoms with Crippen LogP contribution in [-0.4, -0.2) is 28.5 Å². The van der Waals surface area contributed by atoms with E-state index in [0.717, 1.165) is 51.8 Å². The van der Waals surface area contributed by atoms with Crippen molar-refractivity contribution in [2.24, 2.45) is 7.05 Å². The number of hydrogen-bond donors (Lipinski definition) is 1. The minimum absolute atomic E-state index is 0.792. The molecule has 1 N–H and O–H groups in total. The van der Waals surface area contributed by atoms with Gasteiger partial charge in [-0.1, -0.05) is 12.7 Å². The number of anilines is 1. The summed E-state index contributed by atoms with van der Waals surface area (Å²) in [5, 5.41) is 4.56. The number of fused-ring (bicyclic) bond motifs is 1. The predicted octanol–water partition coefficient (Wildman–Crippen LogP) is 3.82. The van der Waals surface area contributed by atoms with E-state index in [9.17, 15) is 0 Å². The normalized spacial score (nSPS) is 16.6. The first-order valence-electron chi connectivity index (χ1n) is 8.34. The predicted molar refractivity (Wildman–Crippen MR) is 101 cm³/mol. The Labute approximate surface area is 147 Å². The first kappa shape index (κ1) is 15.6. The summed E-state index contributed by atoms with van der Waals surface area (Å²) in [6, 6.07) is 6.24. The quantitative estimate of drug-likeness (QED) is 0.926. The SMILES string of the molecule is C=C1C=C(N(C)C)OC2=C1CC=C2Nc1ccc2cc(C)n(C)c2n1. The Morgan fingerprint density at radius 3 is 2.88 bits per heavy atom. The molecule has 2 aliphatic rings. The van der Waals surface area contributed by atoms with Gasteiger partial charge in [0.15, 0.2) is 11.6 Å². The smallest absolute Gasteiger partial charge is 0.196 e. The van der Waals surface area contributed by atoms with Gasteiger partial charge in [-0.3, -0.25) is 0 Å². The van der Waals surface area contributed by atoms with Gasteiger partial charge in [-0.05, 0) is 37.1 Å². The number of aromatic nitrogens is 2. The second kappa shape index (κ2) is 5.55. The Hall–Kier alpha value is -2.95. The van der Waals surface area contributed by atoms with Crippen molar-refractivity contribution in [3.05, 3.63) is 71.1 Å². The third kappa shape index (κ3) is 2.52. The van der Waals surface area contributed by atoms with Crippen molar-refractivity contribution in [2.45, 2.75) is 13.3 Å². The third-order valence-corrected chi connectivity index (χ3v) is 4.74. The fraction of sp³-hybridized carbons (Fsp3) is 0.250. The number of pyridine rings is 1. The van der Waals surface area contributed by atoms with Crippen LogP contribution >= 0.6 is 0 Å². The second-order valence-corrected chi connectivity index (χ2v) is 6.71. The molecule has 0 bridgehead atoms. The summed E-state index contributed by atoms with van der Waals surface area (Å²) in [4.78, 5) is 6.70. The molecule has 5 nitrogen and oxygen atoms in total. The minimum Gasteiger partial charge on any atom is -0.439 e. The maximum Gasteiger partial charge on any atom is 0.196 e. The summed E-state index contributed by atoms with van der Waals surface area (Å²) >= 11 is 0. The lowest BCUT2D eigenvalue weighted by atomic mass is 10.0. The molecule has 2 aromatic heterocycles. The van der Waals surface area contributed by atoms with Crippen LogP contribution in [-0.2, 0) is 11.8 Å². The zero-order valence-corrected chi connectivity index (χ0v) is 15.1. The summed E-state index contributed by atoms with van der Waals surface area (Å²) < 4.78 is 8.18. The van der Waals surface area contributed by atoms with Crippen molar-refractivity contribution in [1.29, 1.82) is 0 Å². The van der Waals surface area contributed by atoms with E-state index in [1.54, 1.807) is 0 Å². The minimum atomic E-state index is 0.792. The highest BCUT2D eigenvalue weighted by molar-refractivity contribution is 5.79. The molecule has 0 amide bonds. The Balaban J connectivity index is 1.63. The molecule has 25 heavy (non-hydrogen) atoms. The molecule has 0 fully saturated rings. The van der Waals surface area contributed by atoms with Crippen LogP contribution in [0.1, 0.15) is 12.1 Å². The van der Waals surface area contributed by atoms with E-state index >= 15 is 0 Å². The lowest BCUT2D eigenvalue weighted by Gasteiger charge is -2.25. The molecular formula is C20H22N4O. The highest BCUT2D eigenvalue weighted by Gasteiger charge is 2.27. The van der Waals surface area contributed by atoms with Crippen LogP contribution in [0.4, 0.5) is 5.82 Å². The average Bonchev–Trinajstić information content (AvgIpc) is 3.10. The number of rotatable bonds is 3. The second-order valence-electron chi connectivity index (χ2n) is 6.71. The number of aryl methyl sites for hydroxylation is 2. The van der Waals surface area contributed by atoms with E-state index in [0.29, 0.717) is 0 Å². The maximum absolute atomic E-state index is 6.08. The maximum atomic E-state index is 6.08. The first-order chi connectivity index (χ1) is 11.9. The molecule has 0 saturated carbocycles. The van der Waals surface area contributed by atoms with Gasteiger partial charge in [0.2, 0.25) is 0 Å². The van der Waals surface area contributed by atoms with Crippen LogP contribution in [0.15, 0.2) is 65.4 Å². The van der Waals surface area contributed by atoms with Gasteiger partial charge in [-0.25, -0.2) is 4.98 Å². The van der Waals surface area contributed by atoms with Gasteiger partial charge in [0.1, 0.15) is 11.5 Å². The standard InChI is InChI=1S/C20H22N4O/c1-12-10-18(23(3)4)25-19-15(12)7-8-16(19)21-17-9-6-14-11-13(2)24(5)20(14)22-17/h6,8-11H,1,7H2,2-5H3,(H,21,22). The van der Waals surface area contributed by atoms with E-state index in [1.165, 1.54) is 5.69 Å². The Morgan fingerprint density at radius 1 is 1.32 bits per heavy atom. The topological polar surface area (TPSA) is 42.3 Å². The van der Waals surface area contributed by atoms with Gasteiger partial charge in [-0.2, -0.15) is 0 Å². The molecule has 0 atom stereocenters. The number of ether oxygens (including phenoxy) is 1. The molecule has 4 rings (SSSR count). The number of nitrogens with zero attached hydrogens (tertiary/aromatic N) is 3. The summed E-state index contributed by atoms with van der Waals surface area (Å²) in [7, 11) is 5.96. The first-order valence-corrected chi connectivity index (χ1v) is 8.34. The third-order valence-electron chi connectivity index (χ3n) is 4.74. The lowest BCUT2D eigenvalue weighted by Crippen LogP contribution is -2.18. The summed E-state index contributed by atoms with van der Waals surface area (Å²) in [5.74, 6) is 2.45. The zero-order chi connectivity index (χ0) is 17.7. The van der Waals surface area contributed by atoms with E-state index in [2.05, 4.69) is 41.6 Å². The largest absolute Gasteiger partial charge is 0.439 e. The number of allylic oxidation sites excluding steroid dienone is 4. The lowest BCUT2D eigenvalue weighted by molar-refractivity contribution is 0.206. The van der Waals surface area contributed by atoms with Crippen molar-refractivity contribution in [3.8, 4) is 0 Å². The van der Waals surface area contributed by atoms with Crippen LogP contribution in [0.25, 0.3) is 11.0 Å². The molecule has 5 heteroatoms. The van der Waals surface area contributed by atoms with Crippen LogP contribution in [0, 0.1) is 6.92 Å². The Bertz CT molecular complexity index is 989. The molecule has 1 aliphatic carbocycles. The molecular weight excluding hydrogens is 312 g/mol. The fourth-order valence-electron chi connectivity index (χ4n) is 3.18. The molecule has 0 radical (unpaired) electrons. The summed E-state index contributed by atoms with van der Waals surface area (Å²) in [6.07, 6.45) is 4.93. The van der Waals surface area contributed by atoms with Gasteiger partial charge >= 0.3 is 0 Å². The Morgan fingerprint density at radius 2 is 2.12 bits per heavy atom. The fourth-order valence-corrected chi connectivity index (χ4v) is 3.18. The van der Waals surface area contributed by atoms with Crippen LogP contribution in [0.5, 0.6) is 0 Å². The zero-order valence-electron chi connectivity index (χ0n) is 15.1. The van der Waals surface area contributed by atoms with Gasteiger partial charge in [0.05, 0.1) is 5.70 Å². The molecule has 0 spiro atoms. The monoisotopic (exact) mass is 334 g/mol. The van der Waals surface area contributed by atoms with Crippen LogP contribution in [0.3, 0.4) is 0 Å². The van der Waals surface area contributed by atoms with E-state index in [1.807, 2.05) is 38.2 Å². The molecule has 3 heterocycles. The van der Waals surface area contributed by atoms with Gasteiger partial charge in [0, 0.05) is 43.9 Å². The highest BCUT2D eigenvalue weighted by atomic mass is 16.5. The van der Waals surface area contributed by atoms with Crippen molar-refractivity contribution in [3.63, 3.8) is 0 Å². The molecule has 0 aromatic carbocycles. The van der Waals surface area contributed by atoms with Gasteiger partial charge in [-0.15, -0.1) is 0 Å². The summed E-state index contributed by atoms with van der Waals surface area (Å²) in [5.41, 5.74) is 5.24. The highest BCUT2D eigenvalue weighted by Crippen LogP contribution is 2.37. The van der Waals surface area contributed by atoms with E-state index < -0.39 is 0 Å². The average molecular weight is 334 g/mol. The number of nitrogens with one attached hydrogen (secondary N) is 1. The van der Waals surface area contributed by atoms with E-state index in [4.69, 9.17) is 9.72 Å². The van der Waals surface area contributed by atoms with E-state index in [-0.39, 0.29) is 0 Å². The van der Waals surface area contributed by atoms with Crippen LogP contribution < -0.4 is 5.32 Å². The van der Waals surface area contributed by atoms with Gasteiger partial charge < -0.3 is 19.5 Å². The molecule has 1 aliphatic heterocycles. The number of hydrogen-bond acceptors (Lipinski definition) is 4. The Kier molecular flexibility index (Phi) is 3.46. The molecule has 0 saturated heterocycles. The van der Waals surface area contributed by atoms with Crippen molar-refractivity contribution in [1.82, 2.24) is 14.5 Å². The molecule has 128 valence electrons. The molecule has 0 unspecified atom stereocenters. The van der Waals surface area contributed by atoms with Gasteiger partial charge in [0.25, 0.3) is 0 Å². The summed E-state index contributed by atoms with van der Waals surface area (Å²) in [6.45, 7) is 6.25. The van der Waals surface area contributed by atoms with Crippen LogP contribution in [0.2, 0.25) is 0 Å². The molecule has 2 aromatic rings. The van der Waals surface area contributed by atoms with Crippen molar-refractivity contribution < 1.29 is 4.74 Å². The van der Waals surface area contributed by atoms with Crippen molar-refractivity contribution in [2.75, 3.05) is 19.4 Å². The van der Waals surface area contributed by atoms with Crippen molar-refractivity contribution >= 4 is 16.9 Å².